The second kappa shape index (κ2) is 6.15. The average molecular weight is 271 g/mol. The number of nitrogens with zero attached hydrogens (tertiary/aromatic N) is 1. The molecule has 3 heteroatoms. The van der Waals surface area contributed by atoms with Crippen molar-refractivity contribution in [2.24, 2.45) is 5.41 Å². The number of likely N-dealkylation sites (tertiary alicyclic amines) is 1. The molecule has 0 aromatic heterocycles. The van der Waals surface area contributed by atoms with Crippen molar-refractivity contribution in [2.45, 2.75) is 57.5 Å². The number of thiol groups is 1. The summed E-state index contributed by atoms with van der Waals surface area (Å²) in [6, 6.07) is 0. The molecule has 0 N–H and O–H groups in total. The van der Waals surface area contributed by atoms with Gasteiger partial charge < -0.3 is 4.74 Å². The van der Waals surface area contributed by atoms with Crippen LogP contribution in [0.5, 0.6) is 0 Å². The summed E-state index contributed by atoms with van der Waals surface area (Å²) in [5.41, 5.74) is 0.554. The maximum absolute atomic E-state index is 5.70. The van der Waals surface area contributed by atoms with E-state index >= 15 is 0 Å². The van der Waals surface area contributed by atoms with E-state index < -0.39 is 0 Å². The van der Waals surface area contributed by atoms with E-state index in [1.54, 1.807) is 0 Å². The third-order valence-electron chi connectivity index (χ3n) is 5.04. The normalized spacial score (nSPS) is 33.5. The molecule has 0 aromatic rings. The monoisotopic (exact) mass is 271 g/mol. The molecule has 0 bridgehead atoms. The SMILES string of the molecule is COC1(C)CCCN(CC2(CS)CCCCC2)C1. The summed E-state index contributed by atoms with van der Waals surface area (Å²) in [6.45, 7) is 5.83. The molecule has 1 heterocycles. The number of hydrogen-bond acceptors (Lipinski definition) is 3. The highest BCUT2D eigenvalue weighted by molar-refractivity contribution is 7.80. The van der Waals surface area contributed by atoms with Gasteiger partial charge in [-0.05, 0) is 50.3 Å². The zero-order valence-electron chi connectivity index (χ0n) is 12.1. The minimum Gasteiger partial charge on any atom is -0.377 e. The van der Waals surface area contributed by atoms with Crippen LogP contribution in [0.25, 0.3) is 0 Å². The molecule has 18 heavy (non-hydrogen) atoms. The Morgan fingerprint density at radius 3 is 2.44 bits per heavy atom. The Hall–Kier alpha value is 0.270. The topological polar surface area (TPSA) is 12.5 Å². The van der Waals surface area contributed by atoms with E-state index in [1.807, 2.05) is 7.11 Å². The molecule has 2 nitrogen and oxygen atoms in total. The Bertz CT molecular complexity index is 265. The largest absolute Gasteiger partial charge is 0.377 e. The lowest BCUT2D eigenvalue weighted by Crippen LogP contribution is -2.51. The predicted molar refractivity (Wildman–Crippen MR) is 80.5 cm³/mol. The Morgan fingerprint density at radius 1 is 1.11 bits per heavy atom. The molecular formula is C15H29NOS. The van der Waals surface area contributed by atoms with E-state index in [0.717, 1.165) is 12.3 Å². The molecule has 1 aliphatic carbocycles. The van der Waals surface area contributed by atoms with E-state index in [1.165, 1.54) is 58.0 Å². The van der Waals surface area contributed by atoms with Crippen LogP contribution in [-0.2, 0) is 4.74 Å². The van der Waals surface area contributed by atoms with E-state index in [2.05, 4.69) is 24.5 Å². The van der Waals surface area contributed by atoms with Gasteiger partial charge in [-0.3, -0.25) is 4.90 Å². The standard InChI is InChI=1S/C15H29NOS/c1-14(17-2)7-6-10-16(11-14)12-15(13-18)8-4-3-5-9-15/h18H,3-13H2,1-2H3. The highest BCUT2D eigenvalue weighted by Crippen LogP contribution is 2.39. The quantitative estimate of drug-likeness (QED) is 0.787. The summed E-state index contributed by atoms with van der Waals surface area (Å²) < 4.78 is 5.70. The summed E-state index contributed by atoms with van der Waals surface area (Å²) >= 11 is 4.66. The van der Waals surface area contributed by atoms with Gasteiger partial charge in [-0.15, -0.1) is 0 Å². The molecule has 2 aliphatic rings. The molecule has 2 fully saturated rings. The number of piperidine rings is 1. The van der Waals surface area contributed by atoms with Gasteiger partial charge in [0, 0.05) is 20.2 Å². The zero-order valence-corrected chi connectivity index (χ0v) is 13.0. The van der Waals surface area contributed by atoms with Crippen molar-refractivity contribution in [1.82, 2.24) is 4.90 Å². The number of hydrogen-bond donors (Lipinski definition) is 1. The van der Waals surface area contributed by atoms with Crippen molar-refractivity contribution in [3.05, 3.63) is 0 Å². The minimum atomic E-state index is 0.0741. The lowest BCUT2D eigenvalue weighted by molar-refractivity contribution is -0.0602. The van der Waals surface area contributed by atoms with Crippen molar-refractivity contribution in [3.8, 4) is 0 Å². The third-order valence-corrected chi connectivity index (χ3v) is 5.71. The van der Waals surface area contributed by atoms with Gasteiger partial charge in [0.15, 0.2) is 0 Å². The van der Waals surface area contributed by atoms with Crippen LogP contribution < -0.4 is 0 Å². The molecule has 1 aliphatic heterocycles. The summed E-state index contributed by atoms with van der Waals surface area (Å²) in [5.74, 6) is 1.05. The van der Waals surface area contributed by atoms with Gasteiger partial charge in [0.2, 0.25) is 0 Å². The molecule has 0 aromatic carbocycles. The van der Waals surface area contributed by atoms with E-state index in [9.17, 15) is 0 Å². The summed E-state index contributed by atoms with van der Waals surface area (Å²) in [4.78, 5) is 2.63. The maximum Gasteiger partial charge on any atom is 0.0777 e. The van der Waals surface area contributed by atoms with E-state index in [0.29, 0.717) is 5.41 Å². The molecule has 1 unspecified atom stereocenters. The molecule has 1 saturated heterocycles. The fourth-order valence-corrected chi connectivity index (χ4v) is 4.17. The van der Waals surface area contributed by atoms with Crippen LogP contribution in [0.15, 0.2) is 0 Å². The molecule has 0 amide bonds. The molecule has 0 spiro atoms. The Morgan fingerprint density at radius 2 is 1.83 bits per heavy atom. The van der Waals surface area contributed by atoms with Crippen LogP contribution in [0.4, 0.5) is 0 Å². The highest BCUT2D eigenvalue weighted by atomic mass is 32.1. The minimum absolute atomic E-state index is 0.0741. The Labute approximate surface area is 118 Å². The zero-order chi connectivity index (χ0) is 13.1. The first-order chi connectivity index (χ1) is 8.61. The lowest BCUT2D eigenvalue weighted by atomic mass is 9.74. The number of methoxy groups -OCH3 is 1. The van der Waals surface area contributed by atoms with Crippen molar-refractivity contribution in [1.29, 1.82) is 0 Å². The van der Waals surface area contributed by atoms with Crippen molar-refractivity contribution < 1.29 is 4.74 Å². The Balaban J connectivity index is 1.94. The Kier molecular flexibility index (Phi) is 5.01. The average Bonchev–Trinajstić information content (AvgIpc) is 2.40. The predicted octanol–water partition coefficient (Wildman–Crippen LogP) is 3.37. The highest BCUT2D eigenvalue weighted by Gasteiger charge is 2.37. The fourth-order valence-electron chi connectivity index (χ4n) is 3.75. The molecule has 106 valence electrons. The third kappa shape index (κ3) is 3.43. The van der Waals surface area contributed by atoms with Crippen molar-refractivity contribution in [2.75, 3.05) is 32.5 Å². The fraction of sp³-hybridized carbons (Fsp3) is 1.00. The van der Waals surface area contributed by atoms with E-state index in [4.69, 9.17) is 4.74 Å². The van der Waals surface area contributed by atoms with Gasteiger partial charge in [0.05, 0.1) is 5.60 Å². The molecular weight excluding hydrogens is 242 g/mol. The van der Waals surface area contributed by atoms with Gasteiger partial charge in [0.25, 0.3) is 0 Å². The molecule has 1 saturated carbocycles. The van der Waals surface area contributed by atoms with Crippen molar-refractivity contribution in [3.63, 3.8) is 0 Å². The second-order valence-corrected chi connectivity index (χ2v) is 7.00. The van der Waals surface area contributed by atoms with Crippen LogP contribution in [0, 0.1) is 5.41 Å². The van der Waals surface area contributed by atoms with Gasteiger partial charge in [-0.25, -0.2) is 0 Å². The molecule has 2 rings (SSSR count). The maximum atomic E-state index is 5.70. The van der Waals surface area contributed by atoms with Crippen LogP contribution >= 0.6 is 12.6 Å². The van der Waals surface area contributed by atoms with Crippen LogP contribution in [0.1, 0.15) is 51.9 Å². The lowest BCUT2D eigenvalue weighted by Gasteiger charge is -2.45. The van der Waals surface area contributed by atoms with Crippen LogP contribution in [-0.4, -0.2) is 43.0 Å². The summed E-state index contributed by atoms with van der Waals surface area (Å²) in [7, 11) is 1.86. The smallest absolute Gasteiger partial charge is 0.0777 e. The number of rotatable bonds is 4. The summed E-state index contributed by atoms with van der Waals surface area (Å²) in [6.07, 6.45) is 9.44. The molecule has 1 atom stereocenters. The van der Waals surface area contributed by atoms with Gasteiger partial charge >= 0.3 is 0 Å². The second-order valence-electron chi connectivity index (χ2n) is 6.69. The first-order valence-electron chi connectivity index (χ1n) is 7.50. The molecule has 0 radical (unpaired) electrons. The van der Waals surface area contributed by atoms with Gasteiger partial charge in [0.1, 0.15) is 0 Å². The summed E-state index contributed by atoms with van der Waals surface area (Å²) in [5, 5.41) is 0. The van der Waals surface area contributed by atoms with Gasteiger partial charge in [-0.2, -0.15) is 12.6 Å². The first-order valence-corrected chi connectivity index (χ1v) is 8.13. The van der Waals surface area contributed by atoms with Crippen molar-refractivity contribution >= 4 is 12.6 Å². The van der Waals surface area contributed by atoms with E-state index in [-0.39, 0.29) is 5.60 Å². The van der Waals surface area contributed by atoms with Gasteiger partial charge in [-0.1, -0.05) is 19.3 Å². The van der Waals surface area contributed by atoms with Crippen LogP contribution in [0.3, 0.4) is 0 Å². The number of ether oxygens (including phenoxy) is 1. The first kappa shape index (κ1) is 14.7. The van der Waals surface area contributed by atoms with Crippen LogP contribution in [0.2, 0.25) is 0 Å².